The number of carbonyl (C=O) groups excluding carboxylic acids is 2. The number of rotatable bonds is 14. The molecule has 23 heteroatoms. The van der Waals surface area contributed by atoms with Crippen molar-refractivity contribution in [1.29, 1.82) is 0 Å². The fourth-order valence-electron chi connectivity index (χ4n) is 6.18. The third-order valence-corrected chi connectivity index (χ3v) is 10.4. The summed E-state index contributed by atoms with van der Waals surface area (Å²) in [7, 11) is 0. The van der Waals surface area contributed by atoms with Crippen LogP contribution < -0.4 is 22.5 Å². The van der Waals surface area contributed by atoms with Crippen LogP contribution in [0.25, 0.3) is 22.3 Å². The van der Waals surface area contributed by atoms with E-state index in [4.69, 9.17) is 84.7 Å². The van der Waals surface area contributed by atoms with Crippen LogP contribution in [0.4, 0.5) is 28.8 Å². The predicted molar refractivity (Wildman–Crippen MR) is 273 cm³/mol. The highest BCUT2D eigenvalue weighted by molar-refractivity contribution is 6.37. The van der Waals surface area contributed by atoms with E-state index in [1.54, 1.807) is 48.8 Å². The molecule has 0 bridgehead atoms. The van der Waals surface area contributed by atoms with Gasteiger partial charge in [-0.25, -0.2) is 19.6 Å². The van der Waals surface area contributed by atoms with Gasteiger partial charge < -0.3 is 41.1 Å². The Morgan fingerprint density at radius 1 is 0.638 bits per heavy atom. The highest BCUT2D eigenvalue weighted by Crippen LogP contribution is 2.36. The number of hydrogen-bond donors (Lipinski definition) is 4. The van der Waals surface area contributed by atoms with E-state index in [9.17, 15) is 29.8 Å². The molecule has 0 aliphatic carbocycles. The minimum atomic E-state index is -0.649. The van der Waals surface area contributed by atoms with Crippen molar-refractivity contribution in [1.82, 2.24) is 19.1 Å². The molecule has 4 heterocycles. The third-order valence-electron chi connectivity index (χ3n) is 9.12. The van der Waals surface area contributed by atoms with Gasteiger partial charge in [0.05, 0.1) is 21.0 Å². The first-order valence-corrected chi connectivity index (χ1v) is 22.8. The van der Waals surface area contributed by atoms with E-state index in [0.29, 0.717) is 74.2 Å². The zero-order chi connectivity index (χ0) is 51.4. The number of nitrogens with one attached hydrogen (secondary N) is 1. The number of nitrogens with zero attached hydrogens (tertiary/aromatic N) is 6. The van der Waals surface area contributed by atoms with E-state index in [0.717, 1.165) is 24.1 Å². The summed E-state index contributed by atoms with van der Waals surface area (Å²) in [6.07, 6.45) is 8.74. The van der Waals surface area contributed by atoms with Gasteiger partial charge >= 0.3 is 23.3 Å². The fourth-order valence-corrected chi connectivity index (χ4v) is 7.35. The van der Waals surface area contributed by atoms with Gasteiger partial charge in [-0.15, -0.1) is 0 Å². The Morgan fingerprint density at radius 2 is 1.07 bits per heavy atom. The molecular weight excluding hydrogens is 998 g/mol. The number of aromatic nitrogens is 4. The van der Waals surface area contributed by atoms with Crippen LogP contribution in [0.2, 0.25) is 25.2 Å². The summed E-state index contributed by atoms with van der Waals surface area (Å²) in [5.41, 5.74) is 18.4. The summed E-state index contributed by atoms with van der Waals surface area (Å²) in [4.78, 5) is 52.8. The molecule has 7 N–H and O–H groups in total. The van der Waals surface area contributed by atoms with Gasteiger partial charge in [-0.2, -0.15) is 0 Å². The van der Waals surface area contributed by atoms with Gasteiger partial charge in [0.1, 0.15) is 22.2 Å². The zero-order valence-corrected chi connectivity index (χ0v) is 42.2. The second-order valence-electron chi connectivity index (χ2n) is 17.0. The molecule has 0 saturated heterocycles. The van der Waals surface area contributed by atoms with Crippen LogP contribution in [-0.2, 0) is 22.6 Å². The van der Waals surface area contributed by atoms with Crippen molar-refractivity contribution in [3.05, 3.63) is 142 Å². The minimum absolute atomic E-state index is 0.146. The van der Waals surface area contributed by atoms with Crippen LogP contribution in [-0.4, -0.2) is 65.2 Å². The summed E-state index contributed by atoms with van der Waals surface area (Å²) in [6.45, 7) is 13.3. The number of halogens is 5. The standard InChI is InChI=1S/C23H25Cl2N5O4.C18H22Cl2N2O2.C5H4ClN3O2/c1-23(2,3)34-22(31)17-13-29(12-16(17)15-6-5-14(24)11-18(15)25)10-4-9-27-20-8-7-19(30(32)33)21(26)28-20;1-18(2,3)24-17(23)15-11-22(8-4-7-21)10-14(15)13-6-5-12(19)9-16(13)20;6-4-2-1-3(9(10)11)5(7)8-4/h5-8,11-13H,4,9-10H2,1-3H3,(H3,26,27,28);5-6,9-11H,4,7-8,21H2,1-3H3;1-2H,(H2,7,8). The molecule has 0 fully saturated rings. The highest BCUT2D eigenvalue weighted by Gasteiger charge is 2.26. The first kappa shape index (κ1) is 55.4. The Labute approximate surface area is 423 Å². The van der Waals surface area contributed by atoms with Crippen LogP contribution in [0.15, 0.2) is 85.5 Å². The average molecular weight is 1050 g/mol. The van der Waals surface area contributed by atoms with Crippen molar-refractivity contribution < 1.29 is 28.9 Å². The average Bonchev–Trinajstić information content (AvgIpc) is 3.86. The quantitative estimate of drug-likeness (QED) is 0.0260. The maximum atomic E-state index is 12.9. The van der Waals surface area contributed by atoms with Crippen LogP contribution in [0.5, 0.6) is 0 Å². The molecule has 4 aromatic heterocycles. The number of esters is 2. The zero-order valence-electron chi connectivity index (χ0n) is 38.4. The molecule has 0 amide bonds. The second-order valence-corrected chi connectivity index (χ2v) is 19.0. The fraction of sp³-hybridized carbons (Fsp3) is 0.304. The second kappa shape index (κ2) is 24.4. The number of anilines is 3. The first-order valence-electron chi connectivity index (χ1n) is 20.9. The van der Waals surface area contributed by atoms with Crippen molar-refractivity contribution in [2.24, 2.45) is 5.73 Å². The number of nitrogens with two attached hydrogens (primary N) is 3. The summed E-state index contributed by atoms with van der Waals surface area (Å²) in [5, 5.41) is 26.2. The molecule has 0 aliphatic rings. The molecular formula is C46H51Cl5N10O8. The maximum Gasteiger partial charge on any atom is 0.340 e. The predicted octanol–water partition coefficient (Wildman–Crippen LogP) is 11.8. The smallest absolute Gasteiger partial charge is 0.340 e. The summed E-state index contributed by atoms with van der Waals surface area (Å²) < 4.78 is 14.9. The van der Waals surface area contributed by atoms with E-state index in [2.05, 4.69) is 15.3 Å². The summed E-state index contributed by atoms with van der Waals surface area (Å²) in [5.74, 6) is -0.695. The number of benzene rings is 2. The molecule has 0 aliphatic heterocycles. The maximum absolute atomic E-state index is 12.9. The topological polar surface area (TPSA) is 265 Å². The molecule has 0 radical (unpaired) electrons. The molecule has 0 spiro atoms. The summed E-state index contributed by atoms with van der Waals surface area (Å²) in [6, 6.07) is 15.7. The molecule has 6 aromatic rings. The van der Waals surface area contributed by atoms with Gasteiger partial charge in [0, 0.05) is 98.9 Å². The van der Waals surface area contributed by atoms with Crippen LogP contribution in [0.3, 0.4) is 0 Å². The number of pyridine rings is 2. The molecule has 0 saturated carbocycles. The minimum Gasteiger partial charge on any atom is -0.456 e. The molecule has 368 valence electrons. The number of nitrogen functional groups attached to an aromatic ring is 2. The Balaban J connectivity index is 0.000000255. The molecule has 0 atom stereocenters. The first-order chi connectivity index (χ1) is 32.3. The SMILES string of the molecule is CC(C)(C)OC(=O)c1cn(CCCN)cc1-c1ccc(Cl)cc1Cl.CC(C)(C)OC(=O)c1cn(CCCNc2ccc([N+](=O)[O-])c(N)n2)cc1-c1ccc(Cl)cc1Cl.Nc1nc(Cl)ccc1[N+](=O)[O-]. The largest absolute Gasteiger partial charge is 0.456 e. The normalized spacial score (nSPS) is 11.1. The molecule has 0 unspecified atom stereocenters. The van der Waals surface area contributed by atoms with E-state index in [-0.39, 0.29) is 34.1 Å². The van der Waals surface area contributed by atoms with Gasteiger partial charge in [-0.3, -0.25) is 20.2 Å². The molecule has 69 heavy (non-hydrogen) atoms. The van der Waals surface area contributed by atoms with Gasteiger partial charge in [-0.05, 0) is 97.3 Å². The number of ether oxygens (including phenoxy) is 2. The van der Waals surface area contributed by atoms with E-state index in [1.807, 2.05) is 63.1 Å². The Morgan fingerprint density at radius 3 is 1.46 bits per heavy atom. The lowest BCUT2D eigenvalue weighted by atomic mass is 10.0. The van der Waals surface area contributed by atoms with Gasteiger partial charge in [-0.1, -0.05) is 70.1 Å². The van der Waals surface area contributed by atoms with E-state index >= 15 is 0 Å². The van der Waals surface area contributed by atoms with Crippen LogP contribution in [0.1, 0.15) is 75.1 Å². The lowest BCUT2D eigenvalue weighted by molar-refractivity contribution is -0.384. The Hall–Kier alpha value is -6.15. The Bertz CT molecular complexity index is 2810. The lowest BCUT2D eigenvalue weighted by Gasteiger charge is -2.19. The van der Waals surface area contributed by atoms with Crippen LogP contribution in [0, 0.1) is 20.2 Å². The summed E-state index contributed by atoms with van der Waals surface area (Å²) >= 11 is 30.1. The lowest BCUT2D eigenvalue weighted by Crippen LogP contribution is -2.24. The monoisotopic (exact) mass is 1050 g/mol. The van der Waals surface area contributed by atoms with Crippen molar-refractivity contribution >= 4 is 98.8 Å². The number of hydrogen-bond acceptors (Lipinski definition) is 14. The van der Waals surface area contributed by atoms with Crippen LogP contribution >= 0.6 is 58.0 Å². The van der Waals surface area contributed by atoms with Gasteiger partial charge in [0.25, 0.3) is 0 Å². The molecule has 6 rings (SSSR count). The third kappa shape index (κ3) is 16.8. The number of nitro groups is 2. The molecule has 18 nitrogen and oxygen atoms in total. The van der Waals surface area contributed by atoms with Gasteiger partial charge in [0.2, 0.25) is 11.6 Å². The van der Waals surface area contributed by atoms with Crippen molar-refractivity contribution in [2.75, 3.05) is 29.9 Å². The number of carbonyl (C=O) groups is 2. The van der Waals surface area contributed by atoms with Crippen molar-refractivity contribution in [3.63, 3.8) is 0 Å². The Kier molecular flexibility index (Phi) is 19.6. The van der Waals surface area contributed by atoms with Gasteiger partial charge in [0.15, 0.2) is 0 Å². The van der Waals surface area contributed by atoms with E-state index < -0.39 is 27.0 Å². The highest BCUT2D eigenvalue weighted by atomic mass is 35.5. The van der Waals surface area contributed by atoms with E-state index in [1.165, 1.54) is 24.3 Å². The van der Waals surface area contributed by atoms with Crippen molar-refractivity contribution in [3.8, 4) is 22.3 Å². The van der Waals surface area contributed by atoms with Crippen molar-refractivity contribution in [2.45, 2.75) is 78.7 Å². The molecule has 2 aromatic carbocycles. The number of aryl methyl sites for hydroxylation is 2.